The summed E-state index contributed by atoms with van der Waals surface area (Å²) in [6.45, 7) is 9.92. The molecular formula is C15H30N4OS. The van der Waals surface area contributed by atoms with Gasteiger partial charge in [0.25, 0.3) is 0 Å². The van der Waals surface area contributed by atoms with Gasteiger partial charge in [0, 0.05) is 44.2 Å². The molecule has 0 aliphatic rings. The topological polar surface area (TPSA) is 40.6 Å². The van der Waals surface area contributed by atoms with Gasteiger partial charge in [0.15, 0.2) is 5.13 Å². The molecule has 0 amide bonds. The van der Waals surface area contributed by atoms with E-state index in [-0.39, 0.29) is 5.54 Å². The van der Waals surface area contributed by atoms with E-state index in [1.165, 1.54) is 4.88 Å². The number of aromatic nitrogens is 1. The number of ether oxygens (including phenoxy) is 1. The van der Waals surface area contributed by atoms with Crippen LogP contribution in [-0.2, 0) is 17.9 Å². The van der Waals surface area contributed by atoms with Crippen LogP contribution in [0.4, 0.5) is 5.13 Å². The highest BCUT2D eigenvalue weighted by Gasteiger charge is 2.16. The predicted octanol–water partition coefficient (Wildman–Crippen LogP) is 2.18. The van der Waals surface area contributed by atoms with E-state index in [2.05, 4.69) is 57.0 Å². The third-order valence-corrected chi connectivity index (χ3v) is 4.25. The molecule has 5 nitrogen and oxygen atoms in total. The van der Waals surface area contributed by atoms with Gasteiger partial charge in [-0.15, -0.1) is 11.3 Å². The molecule has 0 aliphatic heterocycles. The summed E-state index contributed by atoms with van der Waals surface area (Å²) in [6, 6.07) is 0. The first-order valence-electron chi connectivity index (χ1n) is 7.31. The molecule has 0 saturated carbocycles. The number of anilines is 1. The Balaban J connectivity index is 2.77. The van der Waals surface area contributed by atoms with E-state index in [9.17, 15) is 0 Å². The van der Waals surface area contributed by atoms with Gasteiger partial charge in [-0.2, -0.15) is 0 Å². The Labute approximate surface area is 133 Å². The molecule has 1 aromatic heterocycles. The van der Waals surface area contributed by atoms with Crippen molar-refractivity contribution in [3.63, 3.8) is 0 Å². The van der Waals surface area contributed by atoms with Crippen LogP contribution in [0.15, 0.2) is 0 Å². The first-order valence-corrected chi connectivity index (χ1v) is 8.13. The molecule has 0 saturated heterocycles. The molecule has 6 heteroatoms. The summed E-state index contributed by atoms with van der Waals surface area (Å²) in [5, 5.41) is 4.59. The van der Waals surface area contributed by atoms with E-state index in [1.54, 1.807) is 18.4 Å². The molecule has 122 valence electrons. The Morgan fingerprint density at radius 1 is 1.19 bits per heavy atom. The second-order valence-corrected chi connectivity index (χ2v) is 7.69. The number of methoxy groups -OCH3 is 1. The predicted molar refractivity (Wildman–Crippen MR) is 91.2 cm³/mol. The van der Waals surface area contributed by atoms with Crippen LogP contribution >= 0.6 is 11.3 Å². The Morgan fingerprint density at radius 2 is 1.86 bits per heavy atom. The number of hydrogen-bond donors (Lipinski definition) is 1. The summed E-state index contributed by atoms with van der Waals surface area (Å²) in [5.74, 6) is 0. The molecule has 21 heavy (non-hydrogen) atoms. The quantitative estimate of drug-likeness (QED) is 0.796. The number of nitrogens with one attached hydrogen (secondary N) is 1. The van der Waals surface area contributed by atoms with Crippen molar-refractivity contribution in [3.8, 4) is 0 Å². The van der Waals surface area contributed by atoms with Gasteiger partial charge < -0.3 is 19.9 Å². The van der Waals surface area contributed by atoms with Gasteiger partial charge >= 0.3 is 0 Å². The van der Waals surface area contributed by atoms with Gasteiger partial charge in [0.1, 0.15) is 0 Å². The van der Waals surface area contributed by atoms with Gasteiger partial charge in [-0.25, -0.2) is 4.98 Å². The van der Waals surface area contributed by atoms with Crippen LogP contribution < -0.4 is 10.2 Å². The van der Waals surface area contributed by atoms with Crippen molar-refractivity contribution in [2.75, 3.05) is 46.2 Å². The maximum Gasteiger partial charge on any atom is 0.185 e. The van der Waals surface area contributed by atoms with Crippen LogP contribution in [0.25, 0.3) is 0 Å². The van der Waals surface area contributed by atoms with Crippen molar-refractivity contribution in [1.82, 2.24) is 15.2 Å². The zero-order valence-corrected chi connectivity index (χ0v) is 15.3. The largest absolute Gasteiger partial charge is 0.378 e. The normalized spacial score (nSPS) is 12.2. The molecule has 0 unspecified atom stereocenters. The Bertz CT molecular complexity index is 426. The molecule has 0 aromatic carbocycles. The third kappa shape index (κ3) is 6.74. The van der Waals surface area contributed by atoms with Crippen LogP contribution in [-0.4, -0.2) is 56.8 Å². The number of hydrogen-bond acceptors (Lipinski definition) is 6. The summed E-state index contributed by atoms with van der Waals surface area (Å²) in [7, 11) is 7.99. The summed E-state index contributed by atoms with van der Waals surface area (Å²) >= 11 is 1.75. The molecule has 1 rings (SSSR count). The van der Waals surface area contributed by atoms with Crippen LogP contribution in [0.5, 0.6) is 0 Å². The fourth-order valence-electron chi connectivity index (χ4n) is 1.71. The monoisotopic (exact) mass is 314 g/mol. The highest BCUT2D eigenvalue weighted by Crippen LogP contribution is 2.26. The van der Waals surface area contributed by atoms with Crippen molar-refractivity contribution in [1.29, 1.82) is 0 Å². The van der Waals surface area contributed by atoms with Crippen molar-refractivity contribution in [2.24, 2.45) is 0 Å². The van der Waals surface area contributed by atoms with E-state index in [1.807, 2.05) is 0 Å². The minimum atomic E-state index is 0.102. The Morgan fingerprint density at radius 3 is 2.38 bits per heavy atom. The maximum atomic E-state index is 5.28. The average Bonchev–Trinajstić information content (AvgIpc) is 2.76. The van der Waals surface area contributed by atoms with Gasteiger partial charge in [0.05, 0.1) is 12.3 Å². The minimum Gasteiger partial charge on any atom is -0.378 e. The van der Waals surface area contributed by atoms with Crippen LogP contribution in [0.1, 0.15) is 31.3 Å². The molecule has 1 heterocycles. The second kappa shape index (κ2) is 8.08. The fraction of sp³-hybridized carbons (Fsp3) is 0.800. The number of rotatable bonds is 8. The van der Waals surface area contributed by atoms with Gasteiger partial charge in [-0.1, -0.05) is 0 Å². The summed E-state index contributed by atoms with van der Waals surface area (Å²) in [5.41, 5.74) is 1.15. The summed E-state index contributed by atoms with van der Waals surface area (Å²) < 4.78 is 5.28. The van der Waals surface area contributed by atoms with Crippen LogP contribution in [0.2, 0.25) is 0 Å². The molecule has 0 aliphatic carbocycles. The maximum absolute atomic E-state index is 5.28. The lowest BCUT2D eigenvalue weighted by Gasteiger charge is -2.20. The summed E-state index contributed by atoms with van der Waals surface area (Å²) in [6.07, 6.45) is 0. The van der Waals surface area contributed by atoms with Gasteiger partial charge in [-0.05, 0) is 34.9 Å². The van der Waals surface area contributed by atoms with Crippen LogP contribution in [0.3, 0.4) is 0 Å². The van der Waals surface area contributed by atoms with Crippen molar-refractivity contribution < 1.29 is 4.74 Å². The number of nitrogens with zero attached hydrogens (tertiary/aromatic N) is 3. The average molecular weight is 314 g/mol. The smallest absolute Gasteiger partial charge is 0.185 e. The van der Waals surface area contributed by atoms with Crippen LogP contribution in [0, 0.1) is 0 Å². The molecule has 0 spiro atoms. The van der Waals surface area contributed by atoms with Crippen molar-refractivity contribution in [3.05, 3.63) is 10.6 Å². The number of likely N-dealkylation sites (N-methyl/N-ethyl adjacent to an activating group) is 2. The Kier molecular flexibility index (Phi) is 7.06. The zero-order chi connectivity index (χ0) is 16.0. The Hall–Kier alpha value is -0.690. The molecule has 0 fully saturated rings. The van der Waals surface area contributed by atoms with Gasteiger partial charge in [-0.3, -0.25) is 0 Å². The lowest BCUT2D eigenvalue weighted by Crippen LogP contribution is -2.35. The van der Waals surface area contributed by atoms with E-state index in [0.29, 0.717) is 6.61 Å². The molecule has 0 atom stereocenters. The summed E-state index contributed by atoms with van der Waals surface area (Å²) in [4.78, 5) is 10.4. The first-order chi connectivity index (χ1) is 9.73. The van der Waals surface area contributed by atoms with Crippen molar-refractivity contribution >= 4 is 16.5 Å². The molecule has 1 aromatic rings. The van der Waals surface area contributed by atoms with Gasteiger partial charge in [0.2, 0.25) is 0 Å². The number of thiazole rings is 1. The SMILES string of the molecule is COCc1nc(N(C)CCN(C)C)sc1CNC(C)(C)C. The molecule has 0 radical (unpaired) electrons. The molecule has 1 N–H and O–H groups in total. The van der Waals surface area contributed by atoms with E-state index < -0.39 is 0 Å². The van der Waals surface area contributed by atoms with E-state index in [0.717, 1.165) is 30.5 Å². The lowest BCUT2D eigenvalue weighted by molar-refractivity contribution is 0.181. The molecular weight excluding hydrogens is 284 g/mol. The third-order valence-electron chi connectivity index (χ3n) is 3.04. The first kappa shape index (κ1) is 18.4. The highest BCUT2D eigenvalue weighted by molar-refractivity contribution is 7.15. The van der Waals surface area contributed by atoms with E-state index in [4.69, 9.17) is 9.72 Å². The minimum absolute atomic E-state index is 0.102. The van der Waals surface area contributed by atoms with Crippen molar-refractivity contribution in [2.45, 2.75) is 39.5 Å². The molecule has 0 bridgehead atoms. The lowest BCUT2D eigenvalue weighted by atomic mass is 10.1. The standard InChI is InChI=1S/C15H30N4OS/c1-15(2,3)16-10-13-12(11-20-7)17-14(21-13)19(6)9-8-18(4)5/h16H,8-11H2,1-7H3. The van der Waals surface area contributed by atoms with E-state index >= 15 is 0 Å². The highest BCUT2D eigenvalue weighted by atomic mass is 32.1. The second-order valence-electron chi connectivity index (χ2n) is 6.63. The zero-order valence-electron chi connectivity index (χ0n) is 14.5. The fourth-order valence-corrected chi connectivity index (χ4v) is 2.70.